The monoisotopic (exact) mass is 1480 g/mol. The van der Waals surface area contributed by atoms with Gasteiger partial charge in [-0.25, -0.2) is 9.13 Å². The second-order valence-corrected chi connectivity index (χ2v) is 29.9. The van der Waals surface area contributed by atoms with Crippen LogP contribution in [0.2, 0.25) is 0 Å². The number of aliphatic hydroxyl groups excluding tert-OH is 1. The van der Waals surface area contributed by atoms with E-state index in [0.29, 0.717) is 32.1 Å². The maximum Gasteiger partial charge on any atom is 0.472 e. The minimum absolute atomic E-state index is 0.0186. The topological polar surface area (TPSA) is 237 Å². The summed E-state index contributed by atoms with van der Waals surface area (Å²) >= 11 is 0. The number of rotatable bonds is 76. The molecule has 0 bridgehead atoms. The van der Waals surface area contributed by atoms with Gasteiger partial charge in [0.1, 0.15) is 19.3 Å². The summed E-state index contributed by atoms with van der Waals surface area (Å²) in [5, 5.41) is 10.6. The molecule has 0 rings (SSSR count). The molecule has 3 N–H and O–H groups in total. The lowest BCUT2D eigenvalue weighted by atomic mass is 10.1. The molecule has 2 unspecified atom stereocenters. The Kier molecular flexibility index (Phi) is 72.3. The zero-order chi connectivity index (χ0) is 74.6. The van der Waals surface area contributed by atoms with Gasteiger partial charge in [0.25, 0.3) is 0 Å². The van der Waals surface area contributed by atoms with E-state index in [1.54, 1.807) is 0 Å². The molecule has 0 saturated carbocycles. The quantitative estimate of drug-likeness (QED) is 0.0169. The van der Waals surface area contributed by atoms with Crippen LogP contribution in [0.4, 0.5) is 0 Å². The predicted molar refractivity (Wildman–Crippen MR) is 418 cm³/mol. The van der Waals surface area contributed by atoms with Crippen molar-refractivity contribution in [2.24, 2.45) is 0 Å². The minimum Gasteiger partial charge on any atom is -0.462 e. The average Bonchev–Trinajstić information content (AvgIpc) is 0.917. The van der Waals surface area contributed by atoms with E-state index in [9.17, 15) is 43.2 Å². The van der Waals surface area contributed by atoms with Crippen LogP contribution in [0.3, 0.4) is 0 Å². The summed E-state index contributed by atoms with van der Waals surface area (Å²) in [7, 11) is -9.98. The van der Waals surface area contributed by atoms with E-state index in [0.717, 1.165) is 148 Å². The van der Waals surface area contributed by atoms with E-state index >= 15 is 0 Å². The number of aliphatic hydroxyl groups is 1. The van der Waals surface area contributed by atoms with Crippen LogP contribution in [-0.4, -0.2) is 96.7 Å². The Bertz CT molecular complexity index is 2310. The summed E-state index contributed by atoms with van der Waals surface area (Å²) in [5.41, 5.74) is 0. The van der Waals surface area contributed by atoms with E-state index < -0.39 is 97.5 Å². The van der Waals surface area contributed by atoms with E-state index in [-0.39, 0.29) is 25.7 Å². The van der Waals surface area contributed by atoms with Crippen LogP contribution >= 0.6 is 15.6 Å². The number of carbonyl (C=O) groups excluding carboxylic acids is 4. The smallest absolute Gasteiger partial charge is 0.462 e. The maximum atomic E-state index is 13.1. The Morgan fingerprint density at radius 2 is 0.490 bits per heavy atom. The second kappa shape index (κ2) is 75.2. The largest absolute Gasteiger partial charge is 0.472 e. The van der Waals surface area contributed by atoms with E-state index in [2.05, 4.69) is 113 Å². The first-order chi connectivity index (χ1) is 49.7. The highest BCUT2D eigenvalue weighted by Gasteiger charge is 2.30. The third-order valence-electron chi connectivity index (χ3n) is 17.0. The highest BCUT2D eigenvalue weighted by Crippen LogP contribution is 2.45. The Labute approximate surface area is 620 Å². The lowest BCUT2D eigenvalue weighted by Gasteiger charge is -2.21. The maximum absolute atomic E-state index is 13.1. The highest BCUT2D eigenvalue weighted by molar-refractivity contribution is 7.47. The number of esters is 4. The molecule has 0 aliphatic rings. The van der Waals surface area contributed by atoms with Crippen molar-refractivity contribution in [1.29, 1.82) is 0 Å². The molecule has 0 saturated heterocycles. The molecule has 5 atom stereocenters. The lowest BCUT2D eigenvalue weighted by Crippen LogP contribution is -2.30. The number of unbranched alkanes of at least 4 members (excludes halogenated alkanes) is 34. The van der Waals surface area contributed by atoms with E-state index in [1.165, 1.54) is 116 Å². The molecular weight excluding hydrogens is 1330 g/mol. The molecule has 0 aromatic heterocycles. The first kappa shape index (κ1) is 98.0. The third kappa shape index (κ3) is 74.3. The van der Waals surface area contributed by atoms with Gasteiger partial charge in [0.15, 0.2) is 12.2 Å². The van der Waals surface area contributed by atoms with Crippen LogP contribution in [0.5, 0.6) is 0 Å². The predicted octanol–water partition coefficient (Wildman–Crippen LogP) is 23.6. The summed E-state index contributed by atoms with van der Waals surface area (Å²) in [5.74, 6) is -2.25. The lowest BCUT2D eigenvalue weighted by molar-refractivity contribution is -0.161. The molecule has 17 nitrogen and oxygen atoms in total. The van der Waals surface area contributed by atoms with Gasteiger partial charge in [0.05, 0.1) is 26.4 Å². The molecular formula is C83H146O17P2. The van der Waals surface area contributed by atoms with Gasteiger partial charge >= 0.3 is 39.5 Å². The molecule has 590 valence electrons. The molecule has 0 amide bonds. The minimum atomic E-state index is -4.99. The van der Waals surface area contributed by atoms with Gasteiger partial charge in [-0.15, -0.1) is 0 Å². The molecule has 0 aromatic carbocycles. The molecule has 0 aliphatic carbocycles. The van der Waals surface area contributed by atoms with Crippen molar-refractivity contribution in [2.45, 2.75) is 367 Å². The van der Waals surface area contributed by atoms with Gasteiger partial charge in [0, 0.05) is 25.7 Å². The fourth-order valence-corrected chi connectivity index (χ4v) is 12.3. The molecule has 102 heavy (non-hydrogen) atoms. The van der Waals surface area contributed by atoms with Crippen molar-refractivity contribution in [2.75, 3.05) is 39.6 Å². The molecule has 0 fully saturated rings. The molecule has 0 heterocycles. The molecule has 0 aromatic rings. The molecule has 0 radical (unpaired) electrons. The van der Waals surface area contributed by atoms with E-state index in [1.807, 2.05) is 12.2 Å². The molecule has 0 spiro atoms. The van der Waals surface area contributed by atoms with Crippen molar-refractivity contribution in [3.63, 3.8) is 0 Å². The number of phosphoric ester groups is 2. The number of hydrogen-bond acceptors (Lipinski definition) is 15. The fraction of sp³-hybridized carbons (Fsp3) is 0.759. The van der Waals surface area contributed by atoms with Crippen molar-refractivity contribution >= 4 is 39.5 Å². The normalized spacial score (nSPS) is 14.4. The van der Waals surface area contributed by atoms with Crippen LogP contribution in [0.15, 0.2) is 97.2 Å². The van der Waals surface area contributed by atoms with Crippen LogP contribution in [0.1, 0.15) is 349 Å². The SMILES string of the molecule is CCCCC/C=C\C/C=C\C/C=C\C/C=C\CCCC(=O)O[C@H](COC(=O)CCCCCCCCC/C=C\CCCCCC)COP(=O)(O)OC[C@H](O)COP(=O)(O)OC[C@@H](COC(=O)CCCCCCC/C=C\CCCCCCCC)OC(=O)CCCCCCC/C=C\C/C=C\CCCCC. The second-order valence-electron chi connectivity index (χ2n) is 27.0. The Morgan fingerprint density at radius 3 is 0.814 bits per heavy atom. The van der Waals surface area contributed by atoms with Gasteiger partial charge < -0.3 is 33.8 Å². The van der Waals surface area contributed by atoms with Crippen LogP contribution in [0, 0.1) is 0 Å². The number of ether oxygens (including phenoxy) is 4. The standard InChI is InChI=1S/C83H146O17P2/c1-5-9-13-17-21-25-29-33-37-38-42-46-50-54-58-62-66-70-83(88)100-79(74-94-81(86)68-64-60-56-52-48-44-40-35-31-27-23-19-15-11-7-3)76-98-102(91,92)96-72-77(84)71-95-101(89,90)97-75-78(99-82(87)69-65-61-57-53-49-45-41-36-32-28-24-20-16-12-8-4)73-93-80(85)67-63-59-55-51-47-43-39-34-30-26-22-18-14-10-6-2/h21,24-25,27-28,31,33-34,36-37,39,41-42,46,54,58,77-79,84H,5-20,22-23,26,29-30,32,35,38,40,43-45,47-53,55-57,59-76H2,1-4H3,(H,89,90)(H,91,92)/b25-21-,28-24-,31-27-,37-33-,39-34-,41-36-,46-42-,58-54-/t77-,78-,79-/m1/s1. The van der Waals surface area contributed by atoms with Gasteiger partial charge in [-0.3, -0.25) is 37.3 Å². The first-order valence-electron chi connectivity index (χ1n) is 40.5. The summed E-state index contributed by atoms with van der Waals surface area (Å²) in [4.78, 5) is 73.0. The van der Waals surface area contributed by atoms with Gasteiger partial charge in [-0.2, -0.15) is 0 Å². The summed E-state index contributed by atoms with van der Waals surface area (Å²) in [6.45, 7) is 4.75. The Balaban J connectivity index is 5.42. The summed E-state index contributed by atoms with van der Waals surface area (Å²) < 4.78 is 68.6. The average molecular weight is 1480 g/mol. The van der Waals surface area contributed by atoms with Crippen molar-refractivity contribution in [3.8, 4) is 0 Å². The van der Waals surface area contributed by atoms with Crippen LogP contribution in [0.25, 0.3) is 0 Å². The molecule has 0 aliphatic heterocycles. The van der Waals surface area contributed by atoms with Crippen molar-refractivity contribution in [1.82, 2.24) is 0 Å². The van der Waals surface area contributed by atoms with Crippen LogP contribution in [-0.2, 0) is 65.4 Å². The Hall–Kier alpha value is -4.02. The summed E-state index contributed by atoms with van der Waals surface area (Å²) in [6.07, 6.45) is 79.6. The highest BCUT2D eigenvalue weighted by atomic mass is 31.2. The van der Waals surface area contributed by atoms with Gasteiger partial charge in [0.2, 0.25) is 0 Å². The van der Waals surface area contributed by atoms with Crippen molar-refractivity contribution < 1.29 is 80.2 Å². The Morgan fingerprint density at radius 1 is 0.275 bits per heavy atom. The number of carbonyl (C=O) groups is 4. The summed E-state index contributed by atoms with van der Waals surface area (Å²) in [6, 6.07) is 0. The number of allylic oxidation sites excluding steroid dienone is 16. The fourth-order valence-electron chi connectivity index (χ4n) is 10.8. The first-order valence-corrected chi connectivity index (χ1v) is 43.5. The van der Waals surface area contributed by atoms with Gasteiger partial charge in [-0.1, -0.05) is 273 Å². The van der Waals surface area contributed by atoms with Gasteiger partial charge in [-0.05, 0) is 148 Å². The number of hydrogen-bond donors (Lipinski definition) is 3. The zero-order valence-electron chi connectivity index (χ0n) is 64.5. The zero-order valence-corrected chi connectivity index (χ0v) is 66.3. The van der Waals surface area contributed by atoms with Crippen LogP contribution < -0.4 is 0 Å². The third-order valence-corrected chi connectivity index (χ3v) is 18.9. The van der Waals surface area contributed by atoms with Crippen molar-refractivity contribution in [3.05, 3.63) is 97.2 Å². The number of phosphoric acid groups is 2. The van der Waals surface area contributed by atoms with E-state index in [4.69, 9.17) is 37.0 Å². The molecule has 19 heteroatoms.